The summed E-state index contributed by atoms with van der Waals surface area (Å²) in [6.45, 7) is 2.24. The van der Waals surface area contributed by atoms with Crippen LogP contribution < -0.4 is 4.74 Å². The predicted molar refractivity (Wildman–Crippen MR) is 214 cm³/mol. The van der Waals surface area contributed by atoms with Crippen molar-refractivity contribution in [2.75, 3.05) is 0 Å². The summed E-state index contributed by atoms with van der Waals surface area (Å²) in [5.74, 6) is 2.23. The molecule has 0 saturated carbocycles. The number of benzene rings is 4. The van der Waals surface area contributed by atoms with Crippen molar-refractivity contribution >= 4 is 50.1 Å². The summed E-state index contributed by atoms with van der Waals surface area (Å²) in [5, 5.41) is 3.23. The van der Waals surface area contributed by atoms with Gasteiger partial charge in [0.05, 0.1) is 5.39 Å². The second-order valence-electron chi connectivity index (χ2n) is 14.0. The fourth-order valence-corrected chi connectivity index (χ4v) is 7.50. The van der Waals surface area contributed by atoms with Gasteiger partial charge in [-0.1, -0.05) is 143 Å². The third-order valence-corrected chi connectivity index (χ3v) is 10.2. The average molecular weight is 778 g/mol. The van der Waals surface area contributed by atoms with Crippen LogP contribution in [-0.2, 0) is 24.3 Å². The summed E-state index contributed by atoms with van der Waals surface area (Å²) in [6.07, 6.45) is 11.0. The van der Waals surface area contributed by atoms with Gasteiger partial charge in [0.2, 0.25) is 0 Å². The molecule has 3 aromatic heterocycles. The second kappa shape index (κ2) is 16.0. The summed E-state index contributed by atoms with van der Waals surface area (Å²) in [6, 6.07) is 29.5. The first-order valence-corrected chi connectivity index (χ1v) is 19.1. The van der Waals surface area contributed by atoms with Gasteiger partial charge in [0.1, 0.15) is 28.3 Å². The van der Waals surface area contributed by atoms with Crippen molar-refractivity contribution in [3.8, 4) is 51.3 Å². The van der Waals surface area contributed by atoms with Crippen molar-refractivity contribution in [3.63, 3.8) is 0 Å². The molecule has 7 aromatic rings. The monoisotopic (exact) mass is 776 g/mol. The van der Waals surface area contributed by atoms with Gasteiger partial charge in [0.25, 0.3) is 0 Å². The van der Waals surface area contributed by atoms with Crippen LogP contribution in [0.2, 0.25) is 0 Å². The van der Waals surface area contributed by atoms with Gasteiger partial charge < -0.3 is 14.7 Å². The molecule has 4 aromatic carbocycles. The smallest absolute Gasteiger partial charge is 0.311 e. The number of H-pyrrole nitrogens is 2. The molecule has 0 spiro atoms. The number of fused-ring (bicyclic) bond motifs is 20. The molecule has 0 amide bonds. The van der Waals surface area contributed by atoms with E-state index in [4.69, 9.17) is 34.6 Å². The second-order valence-corrected chi connectivity index (χ2v) is 14.0. The maximum atomic E-state index is 13.3. The minimum atomic E-state index is -0.264. The molecule has 9 rings (SSSR count). The Balaban J connectivity index is 0.00000427. The van der Waals surface area contributed by atoms with Crippen LogP contribution in [0.4, 0.5) is 0 Å². The number of carbonyl (C=O) groups is 1. The fraction of sp³-hybridized carbons (Fsp3) is 0.250. The van der Waals surface area contributed by atoms with Crippen molar-refractivity contribution in [2.45, 2.75) is 71.1 Å². The van der Waals surface area contributed by atoms with Crippen LogP contribution in [0.1, 0.15) is 71.1 Å². The van der Waals surface area contributed by atoms with Crippen LogP contribution >= 0.6 is 0 Å². The van der Waals surface area contributed by atoms with Crippen LogP contribution in [0, 0.1) is 0 Å². The van der Waals surface area contributed by atoms with E-state index in [9.17, 15) is 4.79 Å². The molecule has 2 aliphatic rings. The first-order valence-electron chi connectivity index (χ1n) is 19.1. The molecule has 0 atom stereocenters. The summed E-state index contributed by atoms with van der Waals surface area (Å²) < 4.78 is 6.10. The van der Waals surface area contributed by atoms with Crippen molar-refractivity contribution in [2.24, 2.45) is 0 Å². The molecule has 5 heterocycles. The van der Waals surface area contributed by atoms with E-state index in [0.29, 0.717) is 63.4 Å². The van der Waals surface area contributed by atoms with Gasteiger partial charge in [0, 0.05) is 64.3 Å². The third kappa shape index (κ3) is 7.17. The van der Waals surface area contributed by atoms with E-state index in [2.05, 4.69) is 16.9 Å². The molecule has 270 valence electrons. The van der Waals surface area contributed by atoms with Gasteiger partial charge in [-0.05, 0) is 12.5 Å². The molecule has 10 nitrogen and oxygen atoms in total. The number of hydrogen-bond donors (Lipinski definition) is 2. The summed E-state index contributed by atoms with van der Waals surface area (Å²) >= 11 is 0. The Labute approximate surface area is 331 Å². The zero-order valence-electron chi connectivity index (χ0n) is 30.9. The quantitative estimate of drug-likeness (QED) is 0.0573. The standard InChI is InChI=1S/C44H40N8O2.Zn/c1-2-3-4-5-6-7-8-9-10-26-35(53)54-34-25-17-24-33-36(34)44-51-42-32-23-16-15-22-31(32)40(49-42)47-38-28-19-12-11-18-27(28)37(45-38)46-39-29-20-13-14-21-30(29)41(48-39)50-43(33)52-44;/h11-25H,2-10,26H2,1H3,(H2,45,46,47,48,49,50,51,52);. The zero-order chi connectivity index (χ0) is 36.4. The Kier molecular flexibility index (Phi) is 10.5. The number of ether oxygens (including phenoxy) is 1. The first kappa shape index (κ1) is 36.3. The number of hydrogen-bond acceptors (Lipinski definition) is 8. The van der Waals surface area contributed by atoms with Crippen LogP contribution in [0.25, 0.3) is 89.7 Å². The molecule has 0 aliphatic carbocycles. The van der Waals surface area contributed by atoms with E-state index in [0.717, 1.165) is 57.7 Å². The molecule has 0 unspecified atom stereocenters. The number of nitrogens with zero attached hydrogens (tertiary/aromatic N) is 6. The van der Waals surface area contributed by atoms with Crippen molar-refractivity contribution in [3.05, 3.63) is 91.0 Å². The van der Waals surface area contributed by atoms with E-state index in [1.165, 1.54) is 38.5 Å². The van der Waals surface area contributed by atoms with Gasteiger partial charge >= 0.3 is 5.97 Å². The molecule has 0 saturated heterocycles. The number of aromatic nitrogens is 8. The SMILES string of the molecule is CCCCCCCCCCCC(=O)Oc1cccc2c3nc4nc(nc5[nH]c(nc6nc(nc([nH]3)c12)-c1ccccc1-6)c1ccccc51)-c1ccccc1-4.[Zn]. The maximum Gasteiger partial charge on any atom is 0.311 e. The topological polar surface area (TPSA) is 135 Å². The molecule has 0 fully saturated rings. The Morgan fingerprint density at radius 3 is 1.44 bits per heavy atom. The third-order valence-electron chi connectivity index (χ3n) is 10.2. The molecule has 11 heteroatoms. The Bertz CT molecular complexity index is 2720. The number of nitrogens with one attached hydrogen (secondary N) is 2. The number of rotatable bonds is 11. The molecule has 0 radical (unpaired) electrons. The minimum Gasteiger partial charge on any atom is -0.426 e. The normalized spacial score (nSPS) is 11.7. The fourth-order valence-electron chi connectivity index (χ4n) is 7.50. The number of aromatic amines is 2. The minimum absolute atomic E-state index is 0. The Morgan fingerprint density at radius 2 is 0.909 bits per heavy atom. The van der Waals surface area contributed by atoms with Crippen LogP contribution in [0.5, 0.6) is 5.75 Å². The summed E-state index contributed by atoms with van der Waals surface area (Å²) in [4.78, 5) is 50.5. The van der Waals surface area contributed by atoms with Crippen LogP contribution in [0.15, 0.2) is 91.0 Å². The summed E-state index contributed by atoms with van der Waals surface area (Å²) in [7, 11) is 0. The van der Waals surface area contributed by atoms with Gasteiger partial charge in [0.15, 0.2) is 23.3 Å². The van der Waals surface area contributed by atoms with Crippen molar-refractivity contribution in [1.29, 1.82) is 0 Å². The van der Waals surface area contributed by atoms with E-state index >= 15 is 0 Å². The molecule has 2 N–H and O–H groups in total. The zero-order valence-corrected chi connectivity index (χ0v) is 33.9. The Morgan fingerprint density at radius 1 is 0.491 bits per heavy atom. The molecule has 55 heavy (non-hydrogen) atoms. The summed E-state index contributed by atoms with van der Waals surface area (Å²) in [5.41, 5.74) is 5.74. The largest absolute Gasteiger partial charge is 0.426 e. The Hall–Kier alpha value is -5.67. The molecular weight excluding hydrogens is 738 g/mol. The number of carbonyl (C=O) groups excluding carboxylic acids is 1. The molecule has 8 bridgehead atoms. The van der Waals surface area contributed by atoms with Gasteiger partial charge in [-0.25, -0.2) is 29.9 Å². The number of unbranched alkanes of at least 4 members (excludes halogenated alkanes) is 8. The van der Waals surface area contributed by atoms with E-state index in [1.807, 2.05) is 91.0 Å². The molecular formula is C44H40N8O2Zn. The van der Waals surface area contributed by atoms with E-state index < -0.39 is 0 Å². The van der Waals surface area contributed by atoms with Crippen molar-refractivity contribution in [1.82, 2.24) is 39.9 Å². The van der Waals surface area contributed by atoms with Crippen LogP contribution in [-0.4, -0.2) is 45.8 Å². The number of esters is 1. The van der Waals surface area contributed by atoms with Crippen molar-refractivity contribution < 1.29 is 29.0 Å². The molecule has 2 aliphatic heterocycles. The van der Waals surface area contributed by atoms with Gasteiger partial charge in [-0.2, -0.15) is 0 Å². The van der Waals surface area contributed by atoms with Crippen LogP contribution in [0.3, 0.4) is 0 Å². The first-order chi connectivity index (χ1) is 26.6. The van der Waals surface area contributed by atoms with E-state index in [1.54, 1.807) is 0 Å². The predicted octanol–water partition coefficient (Wildman–Crippen LogP) is 10.7. The average Bonchev–Trinajstić information content (AvgIpc) is 3.93. The van der Waals surface area contributed by atoms with Gasteiger partial charge in [-0.15, -0.1) is 0 Å². The van der Waals surface area contributed by atoms with E-state index in [-0.39, 0.29) is 25.4 Å². The van der Waals surface area contributed by atoms with Gasteiger partial charge in [-0.3, -0.25) is 4.79 Å². The maximum absolute atomic E-state index is 13.3.